The molecule has 1 amide bonds. The molecule has 0 saturated carbocycles. The maximum absolute atomic E-state index is 12.5. The third-order valence-corrected chi connectivity index (χ3v) is 6.85. The Kier molecular flexibility index (Phi) is 4.75. The summed E-state index contributed by atoms with van der Waals surface area (Å²) in [6, 6.07) is 8.23. The second-order valence-electron chi connectivity index (χ2n) is 5.53. The summed E-state index contributed by atoms with van der Waals surface area (Å²) in [5.74, 6) is 0.0838. The van der Waals surface area contributed by atoms with Gasteiger partial charge in [0.15, 0.2) is 5.13 Å². The molecule has 4 nitrogen and oxygen atoms in total. The summed E-state index contributed by atoms with van der Waals surface area (Å²) in [7, 11) is 0. The SMILES string of the molecule is O=C(Nc1nc(-c2cccs2)c(-c2cccs2)s1)C1CCOCC1. The molecule has 4 heterocycles. The lowest BCUT2D eigenvalue weighted by Gasteiger charge is -2.20. The molecule has 0 radical (unpaired) electrons. The van der Waals surface area contributed by atoms with Crippen molar-refractivity contribution in [3.63, 3.8) is 0 Å². The minimum atomic E-state index is 0.0259. The molecular formula is C17H16N2O2S3. The molecule has 1 aliphatic heterocycles. The Hall–Kier alpha value is -1.54. The van der Waals surface area contributed by atoms with Crippen molar-refractivity contribution < 1.29 is 9.53 Å². The fraction of sp³-hybridized carbons (Fsp3) is 0.294. The number of rotatable bonds is 4. The predicted octanol–water partition coefficient (Wildman–Crippen LogP) is 4.97. The first-order chi connectivity index (χ1) is 11.8. The number of hydrogen-bond acceptors (Lipinski definition) is 6. The number of anilines is 1. The molecule has 1 fully saturated rings. The van der Waals surface area contributed by atoms with E-state index in [4.69, 9.17) is 9.72 Å². The van der Waals surface area contributed by atoms with Gasteiger partial charge in [0.2, 0.25) is 5.91 Å². The molecule has 0 aromatic carbocycles. The van der Waals surface area contributed by atoms with Gasteiger partial charge in [-0.2, -0.15) is 0 Å². The van der Waals surface area contributed by atoms with Gasteiger partial charge in [-0.25, -0.2) is 4.98 Å². The molecule has 4 rings (SSSR count). The summed E-state index contributed by atoms with van der Waals surface area (Å²) >= 11 is 4.91. The van der Waals surface area contributed by atoms with Crippen molar-refractivity contribution in [3.8, 4) is 20.3 Å². The largest absolute Gasteiger partial charge is 0.381 e. The van der Waals surface area contributed by atoms with E-state index in [0.717, 1.165) is 28.3 Å². The van der Waals surface area contributed by atoms with Crippen LogP contribution in [0.1, 0.15) is 12.8 Å². The molecule has 3 aromatic rings. The number of ether oxygens (including phenoxy) is 1. The molecular weight excluding hydrogens is 360 g/mol. The molecule has 0 spiro atoms. The highest BCUT2D eigenvalue weighted by Crippen LogP contribution is 2.42. The molecule has 1 saturated heterocycles. The summed E-state index contributed by atoms with van der Waals surface area (Å²) in [6.07, 6.45) is 1.57. The van der Waals surface area contributed by atoms with Gasteiger partial charge in [-0.05, 0) is 35.7 Å². The van der Waals surface area contributed by atoms with Crippen LogP contribution < -0.4 is 5.32 Å². The summed E-state index contributed by atoms with van der Waals surface area (Å²) in [5, 5.41) is 7.81. The fourth-order valence-electron chi connectivity index (χ4n) is 2.70. The van der Waals surface area contributed by atoms with Crippen molar-refractivity contribution in [2.75, 3.05) is 18.5 Å². The third kappa shape index (κ3) is 3.30. The van der Waals surface area contributed by atoms with E-state index in [-0.39, 0.29) is 11.8 Å². The van der Waals surface area contributed by atoms with Gasteiger partial charge in [0.25, 0.3) is 0 Å². The number of carbonyl (C=O) groups excluding carboxylic acids is 1. The number of thiophene rings is 2. The number of nitrogens with zero attached hydrogens (tertiary/aromatic N) is 1. The summed E-state index contributed by atoms with van der Waals surface area (Å²) in [6.45, 7) is 1.33. The standard InChI is InChI=1S/C17H16N2O2S3/c20-16(11-5-7-21-8-6-11)19-17-18-14(12-3-1-9-22-12)15(24-17)13-4-2-10-23-13/h1-4,9-11H,5-8H2,(H,18,19,20). The summed E-state index contributed by atoms with van der Waals surface area (Å²) < 4.78 is 5.33. The lowest BCUT2D eigenvalue weighted by Crippen LogP contribution is -2.28. The van der Waals surface area contributed by atoms with Gasteiger partial charge in [-0.15, -0.1) is 22.7 Å². The highest BCUT2D eigenvalue weighted by Gasteiger charge is 2.24. The van der Waals surface area contributed by atoms with Crippen LogP contribution in [0.2, 0.25) is 0 Å². The van der Waals surface area contributed by atoms with Crippen molar-refractivity contribution in [2.24, 2.45) is 5.92 Å². The van der Waals surface area contributed by atoms with Crippen LogP contribution in [0, 0.1) is 5.92 Å². The van der Waals surface area contributed by atoms with Crippen LogP contribution in [0.15, 0.2) is 35.0 Å². The number of aromatic nitrogens is 1. The Balaban J connectivity index is 1.62. The molecule has 0 atom stereocenters. The Morgan fingerprint density at radius 2 is 1.83 bits per heavy atom. The van der Waals surface area contributed by atoms with E-state index in [9.17, 15) is 4.79 Å². The third-order valence-electron chi connectivity index (χ3n) is 3.95. The van der Waals surface area contributed by atoms with Gasteiger partial charge in [0, 0.05) is 24.0 Å². The van der Waals surface area contributed by atoms with Crippen LogP contribution in [0.5, 0.6) is 0 Å². The van der Waals surface area contributed by atoms with E-state index in [2.05, 4.69) is 22.8 Å². The molecule has 0 aliphatic carbocycles. The normalized spacial score (nSPS) is 15.5. The number of thiazole rings is 1. The zero-order valence-corrected chi connectivity index (χ0v) is 15.3. The molecule has 3 aromatic heterocycles. The monoisotopic (exact) mass is 376 g/mol. The van der Waals surface area contributed by atoms with Gasteiger partial charge in [-0.3, -0.25) is 4.79 Å². The van der Waals surface area contributed by atoms with Crippen molar-refractivity contribution >= 4 is 45.0 Å². The maximum Gasteiger partial charge on any atom is 0.229 e. The van der Waals surface area contributed by atoms with Gasteiger partial charge < -0.3 is 10.1 Å². The van der Waals surface area contributed by atoms with E-state index in [0.29, 0.717) is 18.3 Å². The number of hydrogen-bond donors (Lipinski definition) is 1. The first-order valence-electron chi connectivity index (χ1n) is 7.78. The highest BCUT2D eigenvalue weighted by atomic mass is 32.1. The quantitative estimate of drug-likeness (QED) is 0.700. The van der Waals surface area contributed by atoms with Gasteiger partial charge in [0.05, 0.1) is 9.75 Å². The maximum atomic E-state index is 12.5. The Bertz CT molecular complexity index is 751. The van der Waals surface area contributed by atoms with Crippen LogP contribution in [-0.2, 0) is 9.53 Å². The fourth-order valence-corrected chi connectivity index (χ4v) is 5.32. The Morgan fingerprint density at radius 3 is 2.50 bits per heavy atom. The second kappa shape index (κ2) is 7.14. The Labute approximate surface area is 152 Å². The topological polar surface area (TPSA) is 51.2 Å². The van der Waals surface area contributed by atoms with E-state index in [1.54, 1.807) is 34.0 Å². The van der Waals surface area contributed by atoms with Crippen molar-refractivity contribution in [1.82, 2.24) is 4.98 Å². The van der Waals surface area contributed by atoms with Crippen molar-refractivity contribution in [2.45, 2.75) is 12.8 Å². The van der Waals surface area contributed by atoms with Gasteiger partial charge in [-0.1, -0.05) is 23.5 Å². The van der Waals surface area contributed by atoms with Crippen LogP contribution in [0.3, 0.4) is 0 Å². The number of carbonyl (C=O) groups is 1. The van der Waals surface area contributed by atoms with E-state index < -0.39 is 0 Å². The Morgan fingerprint density at radius 1 is 1.12 bits per heavy atom. The van der Waals surface area contributed by atoms with E-state index in [1.807, 2.05) is 17.5 Å². The average Bonchev–Trinajstić information content (AvgIpc) is 3.36. The van der Waals surface area contributed by atoms with E-state index in [1.165, 1.54) is 4.88 Å². The molecule has 1 N–H and O–H groups in total. The summed E-state index contributed by atoms with van der Waals surface area (Å²) in [4.78, 5) is 20.6. The van der Waals surface area contributed by atoms with Crippen LogP contribution >= 0.6 is 34.0 Å². The van der Waals surface area contributed by atoms with Crippen LogP contribution in [-0.4, -0.2) is 24.1 Å². The minimum absolute atomic E-state index is 0.0259. The lowest BCUT2D eigenvalue weighted by atomic mass is 10.00. The summed E-state index contributed by atoms with van der Waals surface area (Å²) in [5.41, 5.74) is 0.958. The van der Waals surface area contributed by atoms with Crippen molar-refractivity contribution in [3.05, 3.63) is 35.0 Å². The first-order valence-corrected chi connectivity index (χ1v) is 10.4. The molecule has 1 aliphatic rings. The molecule has 124 valence electrons. The average molecular weight is 377 g/mol. The first kappa shape index (κ1) is 16.0. The highest BCUT2D eigenvalue weighted by molar-refractivity contribution is 7.24. The van der Waals surface area contributed by atoms with Crippen LogP contribution in [0.4, 0.5) is 5.13 Å². The number of amides is 1. The lowest BCUT2D eigenvalue weighted by molar-refractivity contribution is -0.122. The second-order valence-corrected chi connectivity index (χ2v) is 8.42. The van der Waals surface area contributed by atoms with E-state index >= 15 is 0 Å². The smallest absolute Gasteiger partial charge is 0.229 e. The predicted molar refractivity (Wildman–Crippen MR) is 101 cm³/mol. The van der Waals surface area contributed by atoms with Crippen molar-refractivity contribution in [1.29, 1.82) is 0 Å². The minimum Gasteiger partial charge on any atom is -0.381 e. The number of nitrogens with one attached hydrogen (secondary N) is 1. The van der Waals surface area contributed by atoms with Gasteiger partial charge in [0.1, 0.15) is 5.69 Å². The molecule has 24 heavy (non-hydrogen) atoms. The zero-order valence-electron chi connectivity index (χ0n) is 12.9. The molecule has 0 bridgehead atoms. The molecule has 7 heteroatoms. The van der Waals surface area contributed by atoms with Gasteiger partial charge >= 0.3 is 0 Å². The van der Waals surface area contributed by atoms with Crippen LogP contribution in [0.25, 0.3) is 20.3 Å². The molecule has 0 unspecified atom stereocenters. The zero-order chi connectivity index (χ0) is 16.4.